The number of hydrogen-bond donors (Lipinski definition) is 0. The molecule has 0 amide bonds. The summed E-state index contributed by atoms with van der Waals surface area (Å²) in [6, 6.07) is 5.09. The van der Waals surface area contributed by atoms with E-state index in [1.807, 2.05) is 6.92 Å². The zero-order valence-electron chi connectivity index (χ0n) is 27.3. The molecule has 5 aliphatic rings. The fourth-order valence-corrected chi connectivity index (χ4v) is 9.78. The summed E-state index contributed by atoms with van der Waals surface area (Å²) in [6.07, 6.45) is 17.9. The number of terminal acetylenes is 1. The Morgan fingerprint density at radius 3 is 2.36 bits per heavy atom. The van der Waals surface area contributed by atoms with Gasteiger partial charge in [0.2, 0.25) is 5.78 Å². The molecule has 0 aliphatic heterocycles. The van der Waals surface area contributed by atoms with Crippen molar-refractivity contribution in [2.45, 2.75) is 86.5 Å². The van der Waals surface area contributed by atoms with Crippen molar-refractivity contribution in [3.8, 4) is 12.3 Å². The molecule has 5 nitrogen and oxygen atoms in total. The highest BCUT2D eigenvalue weighted by atomic mass is 19.1. The second-order valence-corrected chi connectivity index (χ2v) is 15.3. The molecule has 1 aromatic rings. The molecule has 3 fully saturated rings. The van der Waals surface area contributed by atoms with Gasteiger partial charge in [-0.05, 0) is 122 Å². The number of carbonyl (C=O) groups excluding carboxylic acids is 3. The first-order valence-corrected chi connectivity index (χ1v) is 16.1. The van der Waals surface area contributed by atoms with Crippen molar-refractivity contribution in [1.82, 2.24) is 0 Å². The summed E-state index contributed by atoms with van der Waals surface area (Å²) < 4.78 is 24.5. The number of fused-ring (bicyclic) bond motifs is 7. The Morgan fingerprint density at radius 1 is 0.978 bits per heavy atom. The quantitative estimate of drug-likeness (QED) is 0.254. The van der Waals surface area contributed by atoms with E-state index < -0.39 is 17.2 Å². The van der Waals surface area contributed by atoms with E-state index in [0.29, 0.717) is 11.5 Å². The number of ether oxygens (including phenoxy) is 2. The third-order valence-electron chi connectivity index (χ3n) is 12.9. The third kappa shape index (κ3) is 4.52. The molecule has 0 radical (unpaired) electrons. The van der Waals surface area contributed by atoms with Gasteiger partial charge in [-0.25, -0.2) is 9.18 Å². The van der Waals surface area contributed by atoms with Gasteiger partial charge >= 0.3 is 11.9 Å². The van der Waals surface area contributed by atoms with Gasteiger partial charge in [-0.1, -0.05) is 51.3 Å². The fraction of sp³-hybridized carbons (Fsp3) is 0.513. The summed E-state index contributed by atoms with van der Waals surface area (Å²) >= 11 is 0. The van der Waals surface area contributed by atoms with Gasteiger partial charge in [0, 0.05) is 11.0 Å². The Labute approximate surface area is 266 Å². The van der Waals surface area contributed by atoms with Crippen LogP contribution in [0.4, 0.5) is 4.39 Å². The highest BCUT2D eigenvalue weighted by Gasteiger charge is 2.67. The van der Waals surface area contributed by atoms with Crippen molar-refractivity contribution in [1.29, 1.82) is 0 Å². The molecule has 0 saturated heterocycles. The molecule has 0 heterocycles. The van der Waals surface area contributed by atoms with Crippen LogP contribution in [0.3, 0.4) is 0 Å². The molecule has 236 valence electrons. The summed E-state index contributed by atoms with van der Waals surface area (Å²) in [7, 11) is 0. The normalized spacial score (nSPS) is 37.0. The number of rotatable bonds is 4. The number of esters is 2. The number of ketones is 1. The lowest BCUT2D eigenvalue weighted by Crippen LogP contribution is -2.62. The summed E-state index contributed by atoms with van der Waals surface area (Å²) in [4.78, 5) is 39.7. The standard InChI is InChI=1S/C39H43FO5/c1-8-21-44-34(43)36(4)16-15-35(3)17-19-38(6)30-14-13-27-24(2)32(45-33(42)25-9-11-26(40)12-10-25)29(41)22-28(27)37(30,5)18-20-39(38,7)31(35)23-36/h1,9-14,22,31H,15-21,23H2,2-7H3/t31-,35-,36-,37+,38-,39+/m1/s1. The molecule has 6 heteroatoms. The number of halogens is 1. The van der Waals surface area contributed by atoms with E-state index in [4.69, 9.17) is 15.9 Å². The van der Waals surface area contributed by atoms with Gasteiger partial charge in [0.05, 0.1) is 11.0 Å². The van der Waals surface area contributed by atoms with Gasteiger partial charge in [0.15, 0.2) is 12.4 Å². The Hall–Kier alpha value is -3.72. The molecule has 45 heavy (non-hydrogen) atoms. The second-order valence-electron chi connectivity index (χ2n) is 15.3. The maximum absolute atomic E-state index is 13.6. The van der Waals surface area contributed by atoms with Gasteiger partial charge in [-0.15, -0.1) is 6.42 Å². The lowest BCUT2D eigenvalue weighted by Gasteiger charge is -2.70. The highest BCUT2D eigenvalue weighted by Crippen LogP contribution is 2.75. The van der Waals surface area contributed by atoms with Gasteiger partial charge in [0.25, 0.3) is 0 Å². The van der Waals surface area contributed by atoms with Crippen LogP contribution in [0, 0.1) is 51.2 Å². The van der Waals surface area contributed by atoms with E-state index in [1.54, 1.807) is 6.08 Å². The number of benzene rings is 1. The van der Waals surface area contributed by atoms with Crippen LogP contribution in [0.25, 0.3) is 0 Å². The highest BCUT2D eigenvalue weighted by molar-refractivity contribution is 6.09. The van der Waals surface area contributed by atoms with Crippen molar-refractivity contribution >= 4 is 17.7 Å². The Balaban J connectivity index is 1.36. The Bertz CT molecular complexity index is 1670. The largest absolute Gasteiger partial charge is 0.452 e. The SMILES string of the molecule is C#CCOC(=O)[C@]1(C)CC[C@]2(C)CC[C@]3(C)C4=CC=C5C(=CC(=O)C(OC(=O)c6ccc(F)cc6)=C5C)[C@]4(C)CC[C@@]3(C)[C@@H]2C1. The second kappa shape index (κ2) is 10.4. The van der Waals surface area contributed by atoms with Crippen LogP contribution < -0.4 is 0 Å². The van der Waals surface area contributed by atoms with Gasteiger partial charge < -0.3 is 9.47 Å². The first-order valence-electron chi connectivity index (χ1n) is 16.1. The molecular weight excluding hydrogens is 567 g/mol. The van der Waals surface area contributed by atoms with E-state index in [1.165, 1.54) is 29.8 Å². The predicted molar refractivity (Wildman–Crippen MR) is 170 cm³/mol. The van der Waals surface area contributed by atoms with Crippen LogP contribution in [0.5, 0.6) is 0 Å². The van der Waals surface area contributed by atoms with E-state index in [2.05, 4.69) is 52.7 Å². The maximum Gasteiger partial charge on any atom is 0.343 e. The average Bonchev–Trinajstić information content (AvgIpc) is 3.00. The summed E-state index contributed by atoms with van der Waals surface area (Å²) in [6.45, 7) is 13.4. The van der Waals surface area contributed by atoms with Crippen molar-refractivity contribution in [3.63, 3.8) is 0 Å². The van der Waals surface area contributed by atoms with E-state index in [-0.39, 0.29) is 51.3 Å². The van der Waals surface area contributed by atoms with Gasteiger partial charge in [0.1, 0.15) is 5.82 Å². The Kier molecular flexibility index (Phi) is 7.23. The van der Waals surface area contributed by atoms with E-state index >= 15 is 0 Å². The molecule has 3 saturated carbocycles. The number of hydrogen-bond acceptors (Lipinski definition) is 5. The Morgan fingerprint density at radius 2 is 1.67 bits per heavy atom. The van der Waals surface area contributed by atoms with Gasteiger partial charge in [-0.2, -0.15) is 0 Å². The summed E-state index contributed by atoms with van der Waals surface area (Å²) in [5, 5.41) is 0. The molecule has 6 atom stereocenters. The first-order chi connectivity index (χ1) is 21.1. The molecule has 6 rings (SSSR count). The lowest BCUT2D eigenvalue weighted by molar-refractivity contribution is -0.181. The molecular formula is C39H43FO5. The third-order valence-corrected chi connectivity index (χ3v) is 12.9. The zero-order valence-corrected chi connectivity index (χ0v) is 27.3. The smallest absolute Gasteiger partial charge is 0.343 e. The molecule has 0 spiro atoms. The average molecular weight is 611 g/mol. The number of allylic oxidation sites excluding steroid dienone is 7. The molecule has 0 bridgehead atoms. The summed E-state index contributed by atoms with van der Waals surface area (Å²) in [5.41, 5.74) is 3.03. The van der Waals surface area contributed by atoms with Crippen LogP contribution in [-0.4, -0.2) is 24.3 Å². The minimum Gasteiger partial charge on any atom is -0.452 e. The fourth-order valence-electron chi connectivity index (χ4n) is 9.78. The molecule has 0 N–H and O–H groups in total. The minimum absolute atomic E-state index is 0.0000966. The van der Waals surface area contributed by atoms with Crippen molar-refractivity contribution in [2.24, 2.45) is 33.0 Å². The van der Waals surface area contributed by atoms with E-state index in [9.17, 15) is 18.8 Å². The van der Waals surface area contributed by atoms with Crippen molar-refractivity contribution in [2.75, 3.05) is 6.61 Å². The van der Waals surface area contributed by atoms with Crippen LogP contribution in [0.1, 0.15) is 96.8 Å². The molecule has 0 unspecified atom stereocenters. The molecule has 0 aromatic heterocycles. The van der Waals surface area contributed by atoms with Crippen LogP contribution in [0.2, 0.25) is 0 Å². The minimum atomic E-state index is -0.692. The molecule has 1 aromatic carbocycles. The van der Waals surface area contributed by atoms with Crippen molar-refractivity contribution < 1.29 is 28.2 Å². The van der Waals surface area contributed by atoms with Crippen LogP contribution in [-0.2, 0) is 19.1 Å². The summed E-state index contributed by atoms with van der Waals surface area (Å²) in [5.74, 6) is 1.10. The monoisotopic (exact) mass is 610 g/mol. The molecule has 5 aliphatic carbocycles. The van der Waals surface area contributed by atoms with Crippen LogP contribution in [0.15, 0.2) is 70.5 Å². The van der Waals surface area contributed by atoms with E-state index in [0.717, 1.165) is 56.1 Å². The zero-order chi connectivity index (χ0) is 32.6. The van der Waals surface area contributed by atoms with Crippen molar-refractivity contribution in [3.05, 3.63) is 81.9 Å². The predicted octanol–water partition coefficient (Wildman–Crippen LogP) is 8.23. The number of carbonyl (C=O) groups is 3. The van der Waals surface area contributed by atoms with Crippen LogP contribution >= 0.6 is 0 Å². The first kappa shape index (κ1) is 31.3. The topological polar surface area (TPSA) is 69.7 Å². The maximum atomic E-state index is 13.6. The lowest BCUT2D eigenvalue weighted by atomic mass is 9.34. The van der Waals surface area contributed by atoms with Gasteiger partial charge in [-0.3, -0.25) is 9.59 Å².